The molecule has 0 aliphatic carbocycles. The van der Waals surface area contributed by atoms with E-state index in [1.165, 1.54) is 5.69 Å². The van der Waals surface area contributed by atoms with Crippen LogP contribution in [0.15, 0.2) is 6.20 Å². The van der Waals surface area contributed by atoms with Crippen molar-refractivity contribution in [3.05, 3.63) is 17.7 Å². The van der Waals surface area contributed by atoms with Gasteiger partial charge < -0.3 is 15.0 Å². The number of aromatic nitrogens is 2. The van der Waals surface area contributed by atoms with Crippen LogP contribution in [0.3, 0.4) is 0 Å². The maximum Gasteiger partial charge on any atom is 0.410 e. The number of fused-ring (bicyclic) bond motifs is 1. The highest BCUT2D eigenvalue weighted by atomic mass is 16.6. The molecular formula is C16H26N4O2. The summed E-state index contributed by atoms with van der Waals surface area (Å²) in [5.74, 6) is 0.991. The molecule has 22 heavy (non-hydrogen) atoms. The van der Waals surface area contributed by atoms with Crippen LogP contribution in [0.25, 0.3) is 0 Å². The van der Waals surface area contributed by atoms with Crippen molar-refractivity contribution in [1.82, 2.24) is 14.5 Å². The lowest BCUT2D eigenvalue weighted by Crippen LogP contribution is -2.38. The standard InChI is InChI=1S/C16H26N4O2/c1-16(2,3)22-15(21)20-7-4-5-13(20)14-18-10-12-9-11(17)6-8-19(12)14/h10-11,13H,4-9,17H2,1-3H3. The molecule has 0 radical (unpaired) electrons. The Bertz CT molecular complexity index is 561. The number of rotatable bonds is 1. The topological polar surface area (TPSA) is 73.4 Å². The lowest BCUT2D eigenvalue weighted by atomic mass is 10.1. The second-order valence-electron chi connectivity index (χ2n) is 7.34. The predicted octanol–water partition coefficient (Wildman–Crippen LogP) is 2.23. The summed E-state index contributed by atoms with van der Waals surface area (Å²) in [7, 11) is 0. The van der Waals surface area contributed by atoms with Gasteiger partial charge in [-0.3, -0.25) is 4.90 Å². The van der Waals surface area contributed by atoms with Crippen LogP contribution in [-0.4, -0.2) is 38.7 Å². The van der Waals surface area contributed by atoms with Crippen LogP contribution in [0.4, 0.5) is 4.79 Å². The zero-order valence-electron chi connectivity index (χ0n) is 13.7. The molecule has 3 rings (SSSR count). The SMILES string of the molecule is CC(C)(C)OC(=O)N1CCCC1c1ncc2n1CCC(N)C2. The van der Waals surface area contributed by atoms with Crippen LogP contribution in [0, 0.1) is 0 Å². The second kappa shape index (κ2) is 5.57. The maximum atomic E-state index is 12.4. The van der Waals surface area contributed by atoms with Crippen molar-refractivity contribution < 1.29 is 9.53 Å². The Balaban J connectivity index is 1.81. The van der Waals surface area contributed by atoms with E-state index in [-0.39, 0.29) is 18.2 Å². The third-order valence-electron chi connectivity index (χ3n) is 4.34. The number of imidazole rings is 1. The zero-order valence-corrected chi connectivity index (χ0v) is 13.7. The highest BCUT2D eigenvalue weighted by Gasteiger charge is 2.36. The molecule has 1 aromatic rings. The molecule has 6 heteroatoms. The molecule has 2 unspecified atom stereocenters. The van der Waals surface area contributed by atoms with Gasteiger partial charge in [0.25, 0.3) is 0 Å². The van der Waals surface area contributed by atoms with Gasteiger partial charge >= 0.3 is 6.09 Å². The van der Waals surface area contributed by atoms with E-state index in [1.54, 1.807) is 0 Å². The van der Waals surface area contributed by atoms with Crippen LogP contribution in [0.1, 0.15) is 57.6 Å². The molecule has 1 amide bonds. The Labute approximate surface area is 131 Å². The number of likely N-dealkylation sites (tertiary alicyclic amines) is 1. The minimum atomic E-state index is -0.469. The summed E-state index contributed by atoms with van der Waals surface area (Å²) in [4.78, 5) is 18.9. The molecule has 3 heterocycles. The fraction of sp³-hybridized carbons (Fsp3) is 0.750. The summed E-state index contributed by atoms with van der Waals surface area (Å²) >= 11 is 0. The van der Waals surface area contributed by atoms with Gasteiger partial charge in [0.15, 0.2) is 0 Å². The van der Waals surface area contributed by atoms with E-state index in [0.717, 1.165) is 44.6 Å². The van der Waals surface area contributed by atoms with Crippen molar-refractivity contribution in [2.75, 3.05) is 6.54 Å². The number of carbonyl (C=O) groups excluding carboxylic acids is 1. The van der Waals surface area contributed by atoms with Crippen LogP contribution < -0.4 is 5.73 Å². The first kappa shape index (κ1) is 15.3. The smallest absolute Gasteiger partial charge is 0.410 e. The summed E-state index contributed by atoms with van der Waals surface area (Å²) in [6.45, 7) is 7.32. The molecule has 0 aromatic carbocycles. The molecule has 2 N–H and O–H groups in total. The molecule has 1 saturated heterocycles. The van der Waals surface area contributed by atoms with Gasteiger partial charge in [-0.1, -0.05) is 0 Å². The van der Waals surface area contributed by atoms with Crippen molar-refractivity contribution in [2.24, 2.45) is 5.73 Å². The van der Waals surface area contributed by atoms with Crippen LogP contribution in [-0.2, 0) is 17.7 Å². The Morgan fingerprint density at radius 3 is 2.86 bits per heavy atom. The molecule has 122 valence electrons. The Kier molecular flexibility index (Phi) is 3.89. The lowest BCUT2D eigenvalue weighted by Gasteiger charge is -2.30. The van der Waals surface area contributed by atoms with E-state index in [4.69, 9.17) is 10.5 Å². The average molecular weight is 306 g/mol. The largest absolute Gasteiger partial charge is 0.444 e. The molecule has 0 spiro atoms. The third kappa shape index (κ3) is 2.97. The maximum absolute atomic E-state index is 12.4. The first-order valence-electron chi connectivity index (χ1n) is 8.14. The second-order valence-corrected chi connectivity index (χ2v) is 7.34. The summed E-state index contributed by atoms with van der Waals surface area (Å²) in [5.41, 5.74) is 6.75. The highest BCUT2D eigenvalue weighted by molar-refractivity contribution is 5.69. The molecule has 1 fully saturated rings. The molecular weight excluding hydrogens is 280 g/mol. The number of nitrogens with two attached hydrogens (primary N) is 1. The van der Waals surface area contributed by atoms with Gasteiger partial charge in [0, 0.05) is 37.4 Å². The number of nitrogens with zero attached hydrogens (tertiary/aromatic N) is 3. The van der Waals surface area contributed by atoms with Gasteiger partial charge in [-0.15, -0.1) is 0 Å². The summed E-state index contributed by atoms with van der Waals surface area (Å²) < 4.78 is 7.79. The van der Waals surface area contributed by atoms with Gasteiger partial charge in [0.2, 0.25) is 0 Å². The molecule has 0 bridgehead atoms. The van der Waals surface area contributed by atoms with E-state index in [1.807, 2.05) is 31.9 Å². The molecule has 2 aliphatic rings. The van der Waals surface area contributed by atoms with Gasteiger partial charge in [-0.2, -0.15) is 0 Å². The van der Waals surface area contributed by atoms with Crippen LogP contribution in [0.2, 0.25) is 0 Å². The van der Waals surface area contributed by atoms with Gasteiger partial charge in [-0.05, 0) is 40.0 Å². The monoisotopic (exact) mass is 306 g/mol. The number of hydrogen-bond donors (Lipinski definition) is 1. The van der Waals surface area contributed by atoms with E-state index in [9.17, 15) is 4.79 Å². The third-order valence-corrected chi connectivity index (χ3v) is 4.34. The van der Waals surface area contributed by atoms with Gasteiger partial charge in [0.05, 0.1) is 6.04 Å². The zero-order chi connectivity index (χ0) is 15.9. The molecule has 1 aromatic heterocycles. The van der Waals surface area contributed by atoms with Gasteiger partial charge in [-0.25, -0.2) is 9.78 Å². The fourth-order valence-electron chi connectivity index (χ4n) is 3.35. The quantitative estimate of drug-likeness (QED) is 0.863. The number of carbonyl (C=O) groups is 1. The molecule has 2 aliphatic heterocycles. The number of ether oxygens (including phenoxy) is 1. The predicted molar refractivity (Wildman–Crippen MR) is 83.4 cm³/mol. The Hall–Kier alpha value is -1.56. The number of hydrogen-bond acceptors (Lipinski definition) is 4. The normalized spacial score (nSPS) is 25.2. The summed E-state index contributed by atoms with van der Waals surface area (Å²) in [6.07, 6.45) is 5.45. The first-order chi connectivity index (χ1) is 10.3. The average Bonchev–Trinajstić information content (AvgIpc) is 3.00. The van der Waals surface area contributed by atoms with E-state index >= 15 is 0 Å². The summed E-state index contributed by atoms with van der Waals surface area (Å²) in [6, 6.07) is 0.250. The van der Waals surface area contributed by atoms with Crippen molar-refractivity contribution in [3.8, 4) is 0 Å². The fourth-order valence-corrected chi connectivity index (χ4v) is 3.35. The van der Waals surface area contributed by atoms with Crippen molar-refractivity contribution in [1.29, 1.82) is 0 Å². The van der Waals surface area contributed by atoms with E-state index in [0.29, 0.717) is 0 Å². The first-order valence-corrected chi connectivity index (χ1v) is 8.14. The minimum absolute atomic E-state index is 0.0259. The van der Waals surface area contributed by atoms with E-state index in [2.05, 4.69) is 9.55 Å². The van der Waals surface area contributed by atoms with Crippen molar-refractivity contribution in [2.45, 2.75) is 70.7 Å². The summed E-state index contributed by atoms with van der Waals surface area (Å²) in [5, 5.41) is 0. The highest BCUT2D eigenvalue weighted by Crippen LogP contribution is 2.34. The molecule has 0 saturated carbocycles. The van der Waals surface area contributed by atoms with Crippen molar-refractivity contribution >= 4 is 6.09 Å². The van der Waals surface area contributed by atoms with Gasteiger partial charge in [0.1, 0.15) is 11.4 Å². The minimum Gasteiger partial charge on any atom is -0.444 e. The Morgan fingerprint density at radius 1 is 1.36 bits per heavy atom. The van der Waals surface area contributed by atoms with Crippen LogP contribution >= 0.6 is 0 Å². The molecule has 2 atom stereocenters. The number of amides is 1. The van der Waals surface area contributed by atoms with E-state index < -0.39 is 5.60 Å². The molecule has 6 nitrogen and oxygen atoms in total. The Morgan fingerprint density at radius 2 is 2.14 bits per heavy atom. The lowest BCUT2D eigenvalue weighted by molar-refractivity contribution is 0.0215. The van der Waals surface area contributed by atoms with Crippen LogP contribution in [0.5, 0.6) is 0 Å². The van der Waals surface area contributed by atoms with Crippen molar-refractivity contribution in [3.63, 3.8) is 0 Å².